The Morgan fingerprint density at radius 3 is 2.21 bits per heavy atom. The molecule has 0 N–H and O–H groups in total. The lowest BCUT2D eigenvalue weighted by atomic mass is 10.3. The maximum absolute atomic E-state index is 12.6. The molecule has 17 heteroatoms. The Bertz CT molecular complexity index is 931. The third-order valence-corrected chi connectivity index (χ3v) is 5.80. The van der Waals surface area contributed by atoms with Gasteiger partial charge in [-0.25, -0.2) is 17.2 Å². The van der Waals surface area contributed by atoms with Crippen LogP contribution in [0.25, 0.3) is 0 Å². The topological polar surface area (TPSA) is 121 Å². The van der Waals surface area contributed by atoms with Gasteiger partial charge in [0.2, 0.25) is 0 Å². The van der Waals surface area contributed by atoms with E-state index in [1.54, 1.807) is 0 Å². The molecule has 1 unspecified atom stereocenters. The van der Waals surface area contributed by atoms with Gasteiger partial charge in [-0.15, -0.1) is 0 Å². The fourth-order valence-corrected chi connectivity index (χ4v) is 3.42. The van der Waals surface area contributed by atoms with Crippen molar-refractivity contribution in [3.05, 3.63) is 28.3 Å². The van der Waals surface area contributed by atoms with Crippen molar-refractivity contribution in [3.63, 3.8) is 0 Å². The zero-order valence-electron chi connectivity index (χ0n) is 13.5. The summed E-state index contributed by atoms with van der Waals surface area (Å²) in [4.78, 5) is 18.4. The number of rotatable bonds is 8. The van der Waals surface area contributed by atoms with Crippen LogP contribution in [0.15, 0.2) is 28.0 Å². The molecular weight excluding hydrogens is 467 g/mol. The molecule has 0 radical (unpaired) electrons. The first-order valence-electron chi connectivity index (χ1n) is 6.80. The van der Waals surface area contributed by atoms with Gasteiger partial charge in [-0.2, -0.15) is 22.0 Å². The number of hydrogen-bond donors (Lipinski definition) is 0. The van der Waals surface area contributed by atoms with Gasteiger partial charge < -0.3 is 4.74 Å². The van der Waals surface area contributed by atoms with Crippen LogP contribution < -0.4 is 0 Å². The van der Waals surface area contributed by atoms with Crippen LogP contribution in [-0.2, 0) is 30.2 Å². The quantitative estimate of drug-likeness (QED) is 0.245. The van der Waals surface area contributed by atoms with Crippen molar-refractivity contribution < 1.29 is 57.8 Å². The van der Waals surface area contributed by atoms with Crippen molar-refractivity contribution in [3.8, 4) is 0 Å². The average Bonchev–Trinajstić information content (AvgIpc) is 2.58. The molecule has 1 aromatic rings. The van der Waals surface area contributed by atoms with Crippen LogP contribution in [0, 0.1) is 10.1 Å². The highest BCUT2D eigenvalue weighted by Crippen LogP contribution is 2.34. The van der Waals surface area contributed by atoms with Crippen LogP contribution in [0.2, 0.25) is 0 Å². The first-order valence-corrected chi connectivity index (χ1v) is 9.60. The summed E-state index contributed by atoms with van der Waals surface area (Å²) in [5.41, 5.74) is -7.17. The second kappa shape index (κ2) is 8.60. The molecule has 164 valence electrons. The first-order chi connectivity index (χ1) is 13.0. The van der Waals surface area contributed by atoms with Gasteiger partial charge in [-0.05, 0) is 12.1 Å². The van der Waals surface area contributed by atoms with Crippen molar-refractivity contribution in [1.29, 1.82) is 0 Å². The van der Waals surface area contributed by atoms with E-state index in [0.29, 0.717) is 6.07 Å². The molecule has 8 nitrogen and oxygen atoms in total. The lowest BCUT2D eigenvalue weighted by Crippen LogP contribution is -2.34. The van der Waals surface area contributed by atoms with Crippen molar-refractivity contribution >= 4 is 32.3 Å². The maximum atomic E-state index is 12.6. The molecule has 0 saturated carbocycles. The van der Waals surface area contributed by atoms with Gasteiger partial charge in [0.1, 0.15) is 10.6 Å². The fourth-order valence-electron chi connectivity index (χ4n) is 1.60. The lowest BCUT2D eigenvalue weighted by Gasteiger charge is -2.15. The van der Waals surface area contributed by atoms with Crippen molar-refractivity contribution in [1.82, 2.24) is 0 Å². The number of nitro groups is 1. The summed E-state index contributed by atoms with van der Waals surface area (Å²) in [6, 6.07) is 0.541. The van der Waals surface area contributed by atoms with Crippen LogP contribution in [0.5, 0.6) is 0 Å². The summed E-state index contributed by atoms with van der Waals surface area (Å²) in [5.74, 6) is -7.80. The number of carbonyl (C=O) groups excluding carboxylic acids is 1. The summed E-state index contributed by atoms with van der Waals surface area (Å²) < 4.78 is 125. The monoisotopic (exact) mass is 475 g/mol. The van der Waals surface area contributed by atoms with Crippen LogP contribution in [-0.4, -0.2) is 53.7 Å². The molecule has 29 heavy (non-hydrogen) atoms. The molecule has 0 aliphatic heterocycles. The Morgan fingerprint density at radius 2 is 1.76 bits per heavy atom. The Kier molecular flexibility index (Phi) is 7.34. The van der Waals surface area contributed by atoms with Crippen LogP contribution >= 0.6 is 0 Å². The molecule has 1 aromatic carbocycles. The van der Waals surface area contributed by atoms with Gasteiger partial charge in [-0.1, -0.05) is 0 Å². The summed E-state index contributed by atoms with van der Waals surface area (Å²) >= 11 is 0. The number of hydrogen-bond acceptors (Lipinski definition) is 7. The van der Waals surface area contributed by atoms with E-state index in [9.17, 15) is 58.3 Å². The second-order valence-electron chi connectivity index (χ2n) is 5.05. The number of carbonyl (C=O) groups is 1. The molecule has 0 bridgehead atoms. The number of ether oxygens (including phenoxy) is 1. The highest BCUT2D eigenvalue weighted by atomic mass is 32.2. The third kappa shape index (κ3) is 5.84. The molecule has 0 amide bonds. The Labute approximate surface area is 159 Å². The smallest absolute Gasteiger partial charge is 0.458 e. The van der Waals surface area contributed by atoms with Crippen LogP contribution in [0.1, 0.15) is 0 Å². The fraction of sp³-hybridized carbons (Fsp3) is 0.417. The molecule has 0 heterocycles. The Balaban J connectivity index is 3.11. The molecule has 0 fully saturated rings. The minimum atomic E-state index is -5.98. The SMILES string of the molecule is O=C(CS(=O)c1ccc(S(=O)(=O)C(F)(F)F)cc1[N+](=O)[O-])OCC(F)(F)C(F)F. The van der Waals surface area contributed by atoms with E-state index < -0.39 is 77.2 Å². The van der Waals surface area contributed by atoms with E-state index in [4.69, 9.17) is 0 Å². The summed E-state index contributed by atoms with van der Waals surface area (Å²) in [5, 5.41) is 11.0. The molecule has 0 spiro atoms. The lowest BCUT2D eigenvalue weighted by molar-refractivity contribution is -0.388. The van der Waals surface area contributed by atoms with Crippen LogP contribution in [0.3, 0.4) is 0 Å². The van der Waals surface area contributed by atoms with Gasteiger partial charge in [0.15, 0.2) is 6.61 Å². The largest absolute Gasteiger partial charge is 0.501 e. The van der Waals surface area contributed by atoms with Crippen LogP contribution in [0.4, 0.5) is 36.4 Å². The molecule has 0 aromatic heterocycles. The van der Waals surface area contributed by atoms with Crippen molar-refractivity contribution in [2.75, 3.05) is 12.4 Å². The third-order valence-electron chi connectivity index (χ3n) is 2.98. The minimum absolute atomic E-state index is 0.0493. The molecular formula is C12H8F7NO7S2. The van der Waals surface area contributed by atoms with E-state index in [0.717, 1.165) is 0 Å². The molecule has 1 rings (SSSR count). The first kappa shape index (κ1) is 24.7. The normalized spacial score (nSPS) is 13.9. The van der Waals surface area contributed by atoms with E-state index in [1.807, 2.05) is 0 Å². The summed E-state index contributed by atoms with van der Waals surface area (Å²) in [6.07, 6.45) is -4.18. The number of halogens is 7. The second-order valence-corrected chi connectivity index (χ2v) is 8.41. The molecule has 1 atom stereocenters. The number of sulfone groups is 1. The van der Waals surface area contributed by atoms with Crippen molar-refractivity contribution in [2.45, 2.75) is 27.6 Å². The van der Waals surface area contributed by atoms with E-state index in [1.165, 1.54) is 0 Å². The number of nitro benzene ring substituents is 1. The van der Waals surface area contributed by atoms with Gasteiger partial charge >= 0.3 is 23.8 Å². The maximum Gasteiger partial charge on any atom is 0.501 e. The standard InChI is InChI=1S/C12H8F7NO7S2/c13-10(14)11(15,16)5-27-9(21)4-28(24)8-2-1-6(3-7(8)20(22)23)29(25,26)12(17,18)19/h1-3,10H,4-5H2. The molecule has 0 aliphatic rings. The van der Waals surface area contributed by atoms with E-state index >= 15 is 0 Å². The number of esters is 1. The van der Waals surface area contributed by atoms with Gasteiger partial charge in [-0.3, -0.25) is 19.1 Å². The minimum Gasteiger partial charge on any atom is -0.458 e. The predicted molar refractivity (Wildman–Crippen MR) is 79.5 cm³/mol. The predicted octanol–water partition coefficient (Wildman–Crippen LogP) is 2.44. The molecule has 0 aliphatic carbocycles. The highest BCUT2D eigenvalue weighted by molar-refractivity contribution is 7.92. The Hall–Kier alpha value is -2.30. The summed E-state index contributed by atoms with van der Waals surface area (Å²) in [7, 11) is -8.75. The summed E-state index contributed by atoms with van der Waals surface area (Å²) in [6.45, 7) is -2.08. The Morgan fingerprint density at radius 1 is 1.21 bits per heavy atom. The number of benzene rings is 1. The average molecular weight is 475 g/mol. The zero-order valence-corrected chi connectivity index (χ0v) is 15.1. The highest BCUT2D eigenvalue weighted by Gasteiger charge is 2.47. The van der Waals surface area contributed by atoms with E-state index in [2.05, 4.69) is 4.74 Å². The number of nitrogens with zero attached hydrogens (tertiary/aromatic N) is 1. The zero-order chi connectivity index (χ0) is 22.8. The number of alkyl halides is 7. The van der Waals surface area contributed by atoms with Gasteiger partial charge in [0.25, 0.3) is 15.5 Å². The molecule has 0 saturated heterocycles. The van der Waals surface area contributed by atoms with Gasteiger partial charge in [0, 0.05) is 6.07 Å². The van der Waals surface area contributed by atoms with E-state index in [-0.39, 0.29) is 12.1 Å². The van der Waals surface area contributed by atoms with Gasteiger partial charge in [0.05, 0.1) is 20.6 Å². The van der Waals surface area contributed by atoms with Crippen molar-refractivity contribution in [2.24, 2.45) is 0 Å².